The highest BCUT2D eigenvalue weighted by atomic mass is 16.5. The maximum Gasteiger partial charge on any atom is 0.317 e. The molecule has 2 unspecified atom stereocenters. The third-order valence-electron chi connectivity index (χ3n) is 4.12. The minimum Gasteiger partial charge on any atom is -0.481 e. The topological polar surface area (TPSA) is 82.1 Å². The summed E-state index contributed by atoms with van der Waals surface area (Å²) in [5.74, 6) is -0.850. The van der Waals surface area contributed by atoms with Gasteiger partial charge in [0.15, 0.2) is 0 Å². The molecule has 7 heteroatoms. The fourth-order valence-electron chi connectivity index (χ4n) is 2.97. The van der Waals surface area contributed by atoms with Crippen LogP contribution in [0.4, 0.5) is 4.79 Å². The van der Waals surface area contributed by atoms with Gasteiger partial charge in [0, 0.05) is 32.2 Å². The van der Waals surface area contributed by atoms with Crippen molar-refractivity contribution in [3.05, 3.63) is 0 Å². The van der Waals surface area contributed by atoms with Gasteiger partial charge in [-0.3, -0.25) is 4.79 Å². The van der Waals surface area contributed by atoms with E-state index in [0.29, 0.717) is 19.7 Å². The highest BCUT2D eigenvalue weighted by Gasteiger charge is 2.29. The lowest BCUT2D eigenvalue weighted by Gasteiger charge is -2.36. The van der Waals surface area contributed by atoms with Gasteiger partial charge in [0.25, 0.3) is 0 Å². The van der Waals surface area contributed by atoms with E-state index in [1.165, 1.54) is 0 Å². The molecule has 2 rings (SSSR count). The number of morpholine rings is 1. The summed E-state index contributed by atoms with van der Waals surface area (Å²) in [6, 6.07) is -0.357. The molecule has 0 spiro atoms. The number of urea groups is 1. The molecule has 2 aliphatic rings. The van der Waals surface area contributed by atoms with Crippen LogP contribution >= 0.6 is 0 Å². The molecule has 2 amide bonds. The lowest BCUT2D eigenvalue weighted by molar-refractivity contribution is -0.138. The fraction of sp³-hybridized carbons (Fsp3) is 0.857. The molecule has 120 valence electrons. The van der Waals surface area contributed by atoms with E-state index >= 15 is 0 Å². The molecule has 0 aromatic rings. The van der Waals surface area contributed by atoms with Crippen LogP contribution in [0, 0.1) is 0 Å². The Kier molecular flexibility index (Phi) is 5.81. The summed E-state index contributed by atoms with van der Waals surface area (Å²) in [5, 5.41) is 11.8. The zero-order valence-electron chi connectivity index (χ0n) is 12.6. The van der Waals surface area contributed by atoms with E-state index in [9.17, 15) is 9.59 Å². The number of carbonyl (C=O) groups excluding carboxylic acids is 1. The van der Waals surface area contributed by atoms with E-state index in [2.05, 4.69) is 10.2 Å². The van der Waals surface area contributed by atoms with Crippen LogP contribution in [-0.4, -0.2) is 78.9 Å². The van der Waals surface area contributed by atoms with Crippen LogP contribution in [0.15, 0.2) is 0 Å². The highest BCUT2D eigenvalue weighted by molar-refractivity contribution is 5.76. The molecule has 2 saturated heterocycles. The molecule has 21 heavy (non-hydrogen) atoms. The molecule has 0 aliphatic carbocycles. The van der Waals surface area contributed by atoms with Gasteiger partial charge >= 0.3 is 12.0 Å². The number of hydrogen-bond acceptors (Lipinski definition) is 4. The molecule has 2 N–H and O–H groups in total. The molecule has 0 radical (unpaired) electrons. The Balaban J connectivity index is 1.81. The number of carboxylic acids is 1. The highest BCUT2D eigenvalue weighted by Crippen LogP contribution is 2.19. The smallest absolute Gasteiger partial charge is 0.317 e. The van der Waals surface area contributed by atoms with E-state index in [1.807, 2.05) is 7.05 Å². The Morgan fingerprint density at radius 2 is 2.14 bits per heavy atom. The van der Waals surface area contributed by atoms with Crippen molar-refractivity contribution in [2.75, 3.05) is 39.8 Å². The van der Waals surface area contributed by atoms with E-state index in [-0.39, 0.29) is 24.6 Å². The lowest BCUT2D eigenvalue weighted by atomic mass is 10.00. The number of aliphatic carboxylic acids is 1. The van der Waals surface area contributed by atoms with Gasteiger partial charge in [-0.25, -0.2) is 4.79 Å². The number of carbonyl (C=O) groups is 2. The number of carboxylic acid groups (broad SMARTS) is 1. The Morgan fingerprint density at radius 3 is 2.86 bits per heavy atom. The van der Waals surface area contributed by atoms with Crippen molar-refractivity contribution in [3.8, 4) is 0 Å². The first-order valence-corrected chi connectivity index (χ1v) is 7.62. The minimum atomic E-state index is -0.850. The van der Waals surface area contributed by atoms with Gasteiger partial charge in [-0.1, -0.05) is 0 Å². The number of nitrogens with zero attached hydrogens (tertiary/aromatic N) is 2. The number of likely N-dealkylation sites (tertiary alicyclic amines) is 1. The minimum absolute atomic E-state index is 0.00964. The molecule has 0 bridgehead atoms. The SMILES string of the molecule is CN1CCOC(CNC(=O)N2CCCCC2CC(=O)O)C1. The quantitative estimate of drug-likeness (QED) is 0.783. The second kappa shape index (κ2) is 7.61. The van der Waals surface area contributed by atoms with E-state index in [1.54, 1.807) is 4.90 Å². The molecule has 2 fully saturated rings. The largest absolute Gasteiger partial charge is 0.481 e. The maximum absolute atomic E-state index is 12.3. The van der Waals surface area contributed by atoms with Gasteiger partial charge < -0.3 is 25.0 Å². The van der Waals surface area contributed by atoms with Crippen LogP contribution in [0.5, 0.6) is 0 Å². The summed E-state index contributed by atoms with van der Waals surface area (Å²) < 4.78 is 5.61. The summed E-state index contributed by atoms with van der Waals surface area (Å²) >= 11 is 0. The molecule has 2 aliphatic heterocycles. The normalized spacial score (nSPS) is 27.4. The molecule has 0 aromatic heterocycles. The molecule has 2 atom stereocenters. The number of amides is 2. The predicted octanol–water partition coefficient (Wildman–Crippen LogP) is 0.356. The molecule has 2 heterocycles. The third-order valence-corrected chi connectivity index (χ3v) is 4.12. The number of ether oxygens (including phenoxy) is 1. The van der Waals surface area contributed by atoms with E-state index < -0.39 is 5.97 Å². The van der Waals surface area contributed by atoms with Crippen molar-refractivity contribution in [2.24, 2.45) is 0 Å². The first-order chi connectivity index (χ1) is 10.1. The number of piperidine rings is 1. The van der Waals surface area contributed by atoms with Crippen molar-refractivity contribution in [1.82, 2.24) is 15.1 Å². The first-order valence-electron chi connectivity index (χ1n) is 7.62. The van der Waals surface area contributed by atoms with Gasteiger partial charge in [-0.05, 0) is 26.3 Å². The number of nitrogens with one attached hydrogen (secondary N) is 1. The second-order valence-corrected chi connectivity index (χ2v) is 5.88. The van der Waals surface area contributed by atoms with Crippen LogP contribution in [-0.2, 0) is 9.53 Å². The van der Waals surface area contributed by atoms with Crippen LogP contribution < -0.4 is 5.32 Å². The monoisotopic (exact) mass is 299 g/mol. The van der Waals surface area contributed by atoms with Crippen molar-refractivity contribution in [1.29, 1.82) is 0 Å². The Hall–Kier alpha value is -1.34. The van der Waals surface area contributed by atoms with Crippen LogP contribution in [0.1, 0.15) is 25.7 Å². The zero-order valence-corrected chi connectivity index (χ0v) is 12.6. The number of likely N-dealkylation sites (N-methyl/N-ethyl adjacent to an activating group) is 1. The summed E-state index contributed by atoms with van der Waals surface area (Å²) in [6.07, 6.45) is 2.72. The maximum atomic E-state index is 12.3. The Bertz CT molecular complexity index is 377. The Morgan fingerprint density at radius 1 is 1.33 bits per heavy atom. The summed E-state index contributed by atoms with van der Waals surface area (Å²) in [5.41, 5.74) is 0. The fourth-order valence-corrected chi connectivity index (χ4v) is 2.97. The standard InChI is InChI=1S/C14H25N3O4/c1-16-6-7-21-12(10-16)9-15-14(20)17-5-3-2-4-11(17)8-13(18)19/h11-12H,2-10H2,1H3,(H,15,20)(H,18,19). The van der Waals surface area contributed by atoms with Gasteiger partial charge in [0.2, 0.25) is 0 Å². The van der Waals surface area contributed by atoms with Crippen LogP contribution in [0.25, 0.3) is 0 Å². The number of rotatable bonds is 4. The molecule has 0 aromatic carbocycles. The summed E-state index contributed by atoms with van der Waals surface area (Å²) in [7, 11) is 2.03. The first kappa shape index (κ1) is 16.0. The zero-order chi connectivity index (χ0) is 15.2. The van der Waals surface area contributed by atoms with Gasteiger partial charge in [-0.15, -0.1) is 0 Å². The van der Waals surface area contributed by atoms with Crippen LogP contribution in [0.2, 0.25) is 0 Å². The van der Waals surface area contributed by atoms with Gasteiger partial charge in [-0.2, -0.15) is 0 Å². The third kappa shape index (κ3) is 4.86. The molecular weight excluding hydrogens is 274 g/mol. The van der Waals surface area contributed by atoms with Crippen molar-refractivity contribution in [2.45, 2.75) is 37.8 Å². The summed E-state index contributed by atoms with van der Waals surface area (Å²) in [4.78, 5) is 27.0. The van der Waals surface area contributed by atoms with Gasteiger partial charge in [0.1, 0.15) is 0 Å². The van der Waals surface area contributed by atoms with Crippen molar-refractivity contribution < 1.29 is 19.4 Å². The molecular formula is C14H25N3O4. The molecule has 0 saturated carbocycles. The second-order valence-electron chi connectivity index (χ2n) is 5.88. The Labute approximate surface area is 125 Å². The van der Waals surface area contributed by atoms with Crippen molar-refractivity contribution >= 4 is 12.0 Å². The molecule has 7 nitrogen and oxygen atoms in total. The average molecular weight is 299 g/mol. The lowest BCUT2D eigenvalue weighted by Crippen LogP contribution is -2.52. The van der Waals surface area contributed by atoms with Gasteiger partial charge in [0.05, 0.1) is 19.1 Å². The van der Waals surface area contributed by atoms with Crippen LogP contribution in [0.3, 0.4) is 0 Å². The van der Waals surface area contributed by atoms with E-state index in [0.717, 1.165) is 32.4 Å². The number of hydrogen-bond donors (Lipinski definition) is 2. The average Bonchev–Trinajstić information content (AvgIpc) is 2.45. The predicted molar refractivity (Wildman–Crippen MR) is 77.2 cm³/mol. The van der Waals surface area contributed by atoms with Crippen molar-refractivity contribution in [3.63, 3.8) is 0 Å². The van der Waals surface area contributed by atoms with E-state index in [4.69, 9.17) is 9.84 Å². The summed E-state index contributed by atoms with van der Waals surface area (Å²) in [6.45, 7) is 3.51.